The van der Waals surface area contributed by atoms with Gasteiger partial charge in [-0.1, -0.05) is 35.9 Å². The summed E-state index contributed by atoms with van der Waals surface area (Å²) in [5, 5.41) is 4.27. The Balaban J connectivity index is 1.34. The lowest BCUT2D eigenvalue weighted by Gasteiger charge is -2.26. The van der Waals surface area contributed by atoms with Gasteiger partial charge in [-0.25, -0.2) is 22.8 Å². The van der Waals surface area contributed by atoms with E-state index in [9.17, 15) is 12.8 Å². The molecule has 186 valence electrons. The van der Waals surface area contributed by atoms with E-state index in [1.807, 2.05) is 18.2 Å². The lowest BCUT2D eigenvalue weighted by Crippen LogP contribution is -2.33. The number of hydrogen-bond acceptors (Lipinski definition) is 6. The van der Waals surface area contributed by atoms with E-state index in [4.69, 9.17) is 17.3 Å². The average Bonchev–Trinajstić information content (AvgIpc) is 2.86. The topological polar surface area (TPSA) is 110 Å². The van der Waals surface area contributed by atoms with E-state index in [1.54, 1.807) is 24.4 Å². The standard InChI is InChI=1S/C26H25ClFN5O2S/c27-21-3-1-2-4-25(21)36(34,35)33-24-12-6-17(14-22(24)28)16-5-11-23-18(13-16)15-30-26(32-23)31-20-9-7-19(29)8-10-20/h1-6,11-15,19-20,33H,7-10,29H2,(H,30,31,32). The third-order valence-electron chi connectivity index (χ3n) is 6.36. The maximum Gasteiger partial charge on any atom is 0.263 e. The summed E-state index contributed by atoms with van der Waals surface area (Å²) in [5.41, 5.74) is 7.94. The number of aromatic nitrogens is 2. The van der Waals surface area contributed by atoms with Gasteiger partial charge in [0.05, 0.1) is 16.2 Å². The van der Waals surface area contributed by atoms with E-state index in [2.05, 4.69) is 20.0 Å². The molecule has 0 spiro atoms. The van der Waals surface area contributed by atoms with Crippen molar-refractivity contribution in [2.45, 2.75) is 42.7 Å². The summed E-state index contributed by atoms with van der Waals surface area (Å²) in [7, 11) is -4.04. The number of benzene rings is 3. The van der Waals surface area contributed by atoms with E-state index in [0.29, 0.717) is 17.6 Å². The number of nitrogens with zero attached hydrogens (tertiary/aromatic N) is 2. The van der Waals surface area contributed by atoms with Crippen LogP contribution in [0.15, 0.2) is 71.8 Å². The van der Waals surface area contributed by atoms with Crippen LogP contribution in [0.3, 0.4) is 0 Å². The van der Waals surface area contributed by atoms with Crippen molar-refractivity contribution in [3.63, 3.8) is 0 Å². The molecule has 1 saturated carbocycles. The van der Waals surface area contributed by atoms with Crippen molar-refractivity contribution in [3.05, 3.63) is 77.7 Å². The molecule has 1 aromatic heterocycles. The summed E-state index contributed by atoms with van der Waals surface area (Å²) in [6.45, 7) is 0. The predicted octanol–water partition coefficient (Wildman–Crippen LogP) is 5.57. The van der Waals surface area contributed by atoms with Crippen LogP contribution in [0, 0.1) is 5.82 Å². The largest absolute Gasteiger partial charge is 0.351 e. The molecule has 0 unspecified atom stereocenters. The molecule has 0 bridgehead atoms. The third-order valence-corrected chi connectivity index (χ3v) is 8.22. The number of fused-ring (bicyclic) bond motifs is 1. The molecule has 1 fully saturated rings. The maximum atomic E-state index is 14.9. The normalized spacial score (nSPS) is 18.2. The first-order chi connectivity index (χ1) is 17.3. The Kier molecular flexibility index (Phi) is 6.79. The molecule has 4 aromatic rings. The van der Waals surface area contributed by atoms with Crippen molar-refractivity contribution >= 4 is 44.2 Å². The minimum atomic E-state index is -4.04. The number of sulfonamides is 1. The molecule has 1 aliphatic rings. The molecule has 5 rings (SSSR count). The molecule has 0 saturated heterocycles. The van der Waals surface area contributed by atoms with Gasteiger partial charge in [0.1, 0.15) is 10.7 Å². The fourth-order valence-electron chi connectivity index (χ4n) is 4.37. The lowest BCUT2D eigenvalue weighted by molar-refractivity contribution is 0.410. The van der Waals surface area contributed by atoms with Crippen LogP contribution in [0.2, 0.25) is 5.02 Å². The first-order valence-corrected chi connectivity index (χ1v) is 13.5. The molecule has 0 amide bonds. The molecule has 7 nitrogen and oxygen atoms in total. The monoisotopic (exact) mass is 525 g/mol. The van der Waals surface area contributed by atoms with Crippen LogP contribution in [-0.4, -0.2) is 30.5 Å². The second-order valence-corrected chi connectivity index (χ2v) is 11.0. The molecule has 0 aliphatic heterocycles. The molecular formula is C26H25ClFN5O2S. The zero-order valence-electron chi connectivity index (χ0n) is 19.3. The van der Waals surface area contributed by atoms with Gasteiger partial charge < -0.3 is 11.1 Å². The smallest absolute Gasteiger partial charge is 0.263 e. The van der Waals surface area contributed by atoms with E-state index in [0.717, 1.165) is 42.1 Å². The molecule has 4 N–H and O–H groups in total. The second-order valence-electron chi connectivity index (χ2n) is 8.95. The molecule has 0 radical (unpaired) electrons. The maximum absolute atomic E-state index is 14.9. The van der Waals surface area contributed by atoms with Gasteiger partial charge in [0, 0.05) is 23.7 Å². The van der Waals surface area contributed by atoms with Gasteiger partial charge >= 0.3 is 0 Å². The minimum Gasteiger partial charge on any atom is -0.351 e. The minimum absolute atomic E-state index is 0.0571. The van der Waals surface area contributed by atoms with Crippen molar-refractivity contribution in [1.29, 1.82) is 0 Å². The predicted molar refractivity (Wildman–Crippen MR) is 141 cm³/mol. The zero-order chi connectivity index (χ0) is 25.3. The van der Waals surface area contributed by atoms with Gasteiger partial charge in [-0.3, -0.25) is 4.72 Å². The first kappa shape index (κ1) is 24.4. The molecule has 36 heavy (non-hydrogen) atoms. The van der Waals surface area contributed by atoms with Crippen LogP contribution in [-0.2, 0) is 10.0 Å². The summed E-state index contributed by atoms with van der Waals surface area (Å²) in [6, 6.07) is 16.5. The third kappa shape index (κ3) is 5.28. The number of rotatable bonds is 6. The highest BCUT2D eigenvalue weighted by Crippen LogP contribution is 2.30. The van der Waals surface area contributed by atoms with Gasteiger partial charge in [-0.05, 0) is 73.2 Å². The molecule has 1 aliphatic carbocycles. The van der Waals surface area contributed by atoms with Gasteiger partial charge in [0.2, 0.25) is 5.95 Å². The summed E-state index contributed by atoms with van der Waals surface area (Å²) in [6.07, 6.45) is 5.72. The highest BCUT2D eigenvalue weighted by Gasteiger charge is 2.20. The van der Waals surface area contributed by atoms with Crippen molar-refractivity contribution in [3.8, 4) is 11.1 Å². The zero-order valence-corrected chi connectivity index (χ0v) is 20.9. The lowest BCUT2D eigenvalue weighted by atomic mass is 9.92. The highest BCUT2D eigenvalue weighted by molar-refractivity contribution is 7.92. The Hall–Kier alpha value is -3.27. The molecule has 1 heterocycles. The summed E-state index contributed by atoms with van der Waals surface area (Å²) >= 11 is 6.00. The molecule has 0 atom stereocenters. The van der Waals surface area contributed by atoms with Crippen molar-refractivity contribution in [2.75, 3.05) is 10.0 Å². The van der Waals surface area contributed by atoms with Gasteiger partial charge in [0.15, 0.2) is 0 Å². The van der Waals surface area contributed by atoms with Crippen molar-refractivity contribution < 1.29 is 12.8 Å². The molecule has 3 aromatic carbocycles. The molecular weight excluding hydrogens is 501 g/mol. The summed E-state index contributed by atoms with van der Waals surface area (Å²) < 4.78 is 42.5. The molecule has 10 heteroatoms. The van der Waals surface area contributed by atoms with Crippen LogP contribution in [0.1, 0.15) is 25.7 Å². The average molecular weight is 526 g/mol. The van der Waals surface area contributed by atoms with Crippen LogP contribution in [0.4, 0.5) is 16.0 Å². The van der Waals surface area contributed by atoms with Crippen molar-refractivity contribution in [1.82, 2.24) is 9.97 Å². The van der Waals surface area contributed by atoms with E-state index in [-0.39, 0.29) is 21.6 Å². The Labute approximate surface area is 214 Å². The van der Waals surface area contributed by atoms with E-state index in [1.165, 1.54) is 24.3 Å². The Morgan fingerprint density at radius 1 is 0.972 bits per heavy atom. The van der Waals surface area contributed by atoms with Gasteiger partial charge in [-0.2, -0.15) is 0 Å². The quantitative estimate of drug-likeness (QED) is 0.303. The number of nitrogens with two attached hydrogens (primary N) is 1. The van der Waals surface area contributed by atoms with Crippen molar-refractivity contribution in [2.24, 2.45) is 5.73 Å². The van der Waals surface area contributed by atoms with E-state index < -0.39 is 15.8 Å². The van der Waals surface area contributed by atoms with Crippen LogP contribution in [0.5, 0.6) is 0 Å². The number of anilines is 2. The fraction of sp³-hybridized carbons (Fsp3) is 0.231. The number of nitrogens with one attached hydrogen (secondary N) is 2. The van der Waals surface area contributed by atoms with Gasteiger partial charge in [-0.15, -0.1) is 0 Å². The number of halogens is 2. The van der Waals surface area contributed by atoms with Gasteiger partial charge in [0.25, 0.3) is 10.0 Å². The summed E-state index contributed by atoms with van der Waals surface area (Å²) in [5.74, 6) is -0.122. The number of hydrogen-bond donors (Lipinski definition) is 3. The first-order valence-electron chi connectivity index (χ1n) is 11.6. The Morgan fingerprint density at radius 3 is 2.44 bits per heavy atom. The van der Waals surface area contributed by atoms with Crippen LogP contribution in [0.25, 0.3) is 22.0 Å². The van der Waals surface area contributed by atoms with E-state index >= 15 is 0 Å². The Morgan fingerprint density at radius 2 is 1.69 bits per heavy atom. The van der Waals surface area contributed by atoms with Crippen LogP contribution >= 0.6 is 11.6 Å². The Bertz CT molecular complexity index is 1520. The van der Waals surface area contributed by atoms with Crippen LogP contribution < -0.4 is 15.8 Å². The second kappa shape index (κ2) is 10.0. The highest BCUT2D eigenvalue weighted by atomic mass is 35.5. The summed E-state index contributed by atoms with van der Waals surface area (Å²) in [4.78, 5) is 8.94. The fourth-order valence-corrected chi connectivity index (χ4v) is 5.96. The SMILES string of the molecule is NC1CCC(Nc2ncc3cc(-c4ccc(NS(=O)(=O)c5ccccc5Cl)c(F)c4)ccc3n2)CC1.